The summed E-state index contributed by atoms with van der Waals surface area (Å²) < 4.78 is 5.36. The van der Waals surface area contributed by atoms with E-state index in [1.807, 2.05) is 37.4 Å². The number of carbonyl (C=O) groups excluding carboxylic acids is 1. The Balaban J connectivity index is 2.21. The van der Waals surface area contributed by atoms with Gasteiger partial charge in [-0.2, -0.15) is 11.8 Å². The summed E-state index contributed by atoms with van der Waals surface area (Å²) in [4.78, 5) is 11.5. The zero-order chi connectivity index (χ0) is 14.1. The minimum absolute atomic E-state index is 0.0291. The molecule has 0 fully saturated rings. The minimum Gasteiger partial charge on any atom is -0.484 e. The van der Waals surface area contributed by atoms with Gasteiger partial charge in [-0.3, -0.25) is 4.79 Å². The molecule has 0 aromatic heterocycles. The normalized spacial score (nSPS) is 11.9. The third-order valence-electron chi connectivity index (χ3n) is 2.55. The maximum Gasteiger partial charge on any atom is 0.258 e. The molecule has 0 spiro atoms. The van der Waals surface area contributed by atoms with Gasteiger partial charge in [-0.25, -0.2) is 0 Å². The first-order valence-electron chi connectivity index (χ1n) is 6.25. The molecule has 106 valence electrons. The molecule has 19 heavy (non-hydrogen) atoms. The van der Waals surface area contributed by atoms with Crippen LogP contribution in [0, 0.1) is 6.92 Å². The molecule has 2 N–H and O–H groups in total. The van der Waals surface area contributed by atoms with Crippen molar-refractivity contribution in [3.8, 4) is 5.75 Å². The third-order valence-corrected chi connectivity index (χ3v) is 3.19. The van der Waals surface area contributed by atoms with E-state index in [0.717, 1.165) is 11.3 Å². The Morgan fingerprint density at radius 3 is 3.00 bits per heavy atom. The Labute approximate surface area is 118 Å². The van der Waals surface area contributed by atoms with Crippen LogP contribution >= 0.6 is 11.8 Å². The van der Waals surface area contributed by atoms with Gasteiger partial charge in [-0.15, -0.1) is 0 Å². The van der Waals surface area contributed by atoms with Crippen LogP contribution in [0.25, 0.3) is 0 Å². The SMILES string of the molecule is CSCCC(O)CNC(=O)COc1cccc(C)c1. The van der Waals surface area contributed by atoms with Crippen molar-refractivity contribution < 1.29 is 14.6 Å². The molecule has 0 heterocycles. The molecular formula is C14H21NO3S. The summed E-state index contributed by atoms with van der Waals surface area (Å²) >= 11 is 1.68. The summed E-state index contributed by atoms with van der Waals surface area (Å²) in [6.45, 7) is 2.21. The number of carbonyl (C=O) groups is 1. The van der Waals surface area contributed by atoms with Crippen LogP contribution in [0.3, 0.4) is 0 Å². The van der Waals surface area contributed by atoms with Gasteiger partial charge in [0, 0.05) is 6.54 Å². The average molecular weight is 283 g/mol. The fourth-order valence-electron chi connectivity index (χ4n) is 1.49. The Bertz CT molecular complexity index is 398. The van der Waals surface area contributed by atoms with Gasteiger partial charge >= 0.3 is 0 Å². The predicted molar refractivity (Wildman–Crippen MR) is 78.7 cm³/mol. The van der Waals surface area contributed by atoms with Gasteiger partial charge in [0.2, 0.25) is 0 Å². The number of hydrogen-bond donors (Lipinski definition) is 2. The van der Waals surface area contributed by atoms with Crippen LogP contribution in [0.2, 0.25) is 0 Å². The third kappa shape index (κ3) is 7.08. The number of benzene rings is 1. The number of aliphatic hydroxyl groups excluding tert-OH is 1. The number of aryl methyl sites for hydroxylation is 1. The number of nitrogens with one attached hydrogen (secondary N) is 1. The van der Waals surface area contributed by atoms with Gasteiger partial charge < -0.3 is 15.2 Å². The van der Waals surface area contributed by atoms with E-state index in [1.165, 1.54) is 0 Å². The average Bonchev–Trinajstić information content (AvgIpc) is 2.40. The molecule has 4 nitrogen and oxygen atoms in total. The molecule has 0 radical (unpaired) electrons. The van der Waals surface area contributed by atoms with Crippen molar-refractivity contribution in [2.24, 2.45) is 0 Å². The van der Waals surface area contributed by atoms with Crippen LogP contribution in [0.1, 0.15) is 12.0 Å². The second-order valence-corrected chi connectivity index (χ2v) is 5.33. The first-order valence-corrected chi connectivity index (χ1v) is 7.64. The highest BCUT2D eigenvalue weighted by atomic mass is 32.2. The van der Waals surface area contributed by atoms with E-state index >= 15 is 0 Å². The number of thioether (sulfide) groups is 1. The highest BCUT2D eigenvalue weighted by molar-refractivity contribution is 7.98. The van der Waals surface area contributed by atoms with Crippen molar-refractivity contribution >= 4 is 17.7 Å². The standard InChI is InChI=1S/C14H21NO3S/c1-11-4-3-5-13(8-11)18-10-14(17)15-9-12(16)6-7-19-2/h3-5,8,12,16H,6-7,9-10H2,1-2H3,(H,15,17). The van der Waals surface area contributed by atoms with E-state index < -0.39 is 6.10 Å². The van der Waals surface area contributed by atoms with Gasteiger partial charge in [0.25, 0.3) is 5.91 Å². The van der Waals surface area contributed by atoms with E-state index in [2.05, 4.69) is 5.32 Å². The second-order valence-electron chi connectivity index (χ2n) is 4.34. The Hall–Kier alpha value is -1.20. The predicted octanol–water partition coefficient (Wildman–Crippen LogP) is 1.60. The Kier molecular flexibility index (Phi) is 7.36. The Morgan fingerprint density at radius 2 is 2.32 bits per heavy atom. The molecule has 0 aliphatic heterocycles. The van der Waals surface area contributed by atoms with Crippen LogP contribution in [-0.2, 0) is 4.79 Å². The van der Waals surface area contributed by atoms with E-state index in [4.69, 9.17) is 4.74 Å². The molecule has 0 saturated heterocycles. The first kappa shape index (κ1) is 15.9. The van der Waals surface area contributed by atoms with Crippen LogP contribution < -0.4 is 10.1 Å². The van der Waals surface area contributed by atoms with Crippen molar-refractivity contribution in [1.82, 2.24) is 5.32 Å². The summed E-state index contributed by atoms with van der Waals surface area (Å²) in [6.07, 6.45) is 2.18. The summed E-state index contributed by atoms with van der Waals surface area (Å²) in [5.41, 5.74) is 1.09. The molecule has 1 unspecified atom stereocenters. The lowest BCUT2D eigenvalue weighted by Gasteiger charge is -2.11. The lowest BCUT2D eigenvalue weighted by atomic mass is 10.2. The topological polar surface area (TPSA) is 58.6 Å². The van der Waals surface area contributed by atoms with Crippen molar-refractivity contribution in [1.29, 1.82) is 0 Å². The lowest BCUT2D eigenvalue weighted by molar-refractivity contribution is -0.123. The highest BCUT2D eigenvalue weighted by Gasteiger charge is 2.07. The number of hydrogen-bond acceptors (Lipinski definition) is 4. The van der Waals surface area contributed by atoms with E-state index in [9.17, 15) is 9.90 Å². The Morgan fingerprint density at radius 1 is 1.53 bits per heavy atom. The quantitative estimate of drug-likeness (QED) is 0.761. The zero-order valence-electron chi connectivity index (χ0n) is 11.4. The number of rotatable bonds is 8. The van der Waals surface area contributed by atoms with Crippen LogP contribution in [-0.4, -0.2) is 42.3 Å². The van der Waals surface area contributed by atoms with Gasteiger partial charge in [-0.1, -0.05) is 12.1 Å². The van der Waals surface area contributed by atoms with Crippen molar-refractivity contribution in [2.75, 3.05) is 25.2 Å². The molecule has 1 atom stereocenters. The molecule has 1 rings (SSSR count). The second kappa shape index (κ2) is 8.82. The smallest absolute Gasteiger partial charge is 0.258 e. The first-order chi connectivity index (χ1) is 9.11. The molecule has 0 saturated carbocycles. The van der Waals surface area contributed by atoms with E-state index in [0.29, 0.717) is 12.2 Å². The highest BCUT2D eigenvalue weighted by Crippen LogP contribution is 2.11. The van der Waals surface area contributed by atoms with Crippen LogP contribution in [0.5, 0.6) is 5.75 Å². The molecule has 0 aliphatic carbocycles. The van der Waals surface area contributed by atoms with Gasteiger partial charge in [0.15, 0.2) is 6.61 Å². The number of aliphatic hydroxyl groups is 1. The maximum absolute atomic E-state index is 11.5. The molecule has 5 heteroatoms. The molecule has 1 aromatic carbocycles. The molecule has 0 bridgehead atoms. The monoisotopic (exact) mass is 283 g/mol. The maximum atomic E-state index is 11.5. The zero-order valence-corrected chi connectivity index (χ0v) is 12.2. The summed E-state index contributed by atoms with van der Waals surface area (Å²) in [5, 5.41) is 12.2. The molecule has 0 aliphatic rings. The van der Waals surface area contributed by atoms with Gasteiger partial charge in [-0.05, 0) is 43.0 Å². The van der Waals surface area contributed by atoms with Crippen molar-refractivity contribution in [3.63, 3.8) is 0 Å². The summed E-state index contributed by atoms with van der Waals surface area (Å²) in [7, 11) is 0. The summed E-state index contributed by atoms with van der Waals surface area (Å²) in [6, 6.07) is 7.54. The van der Waals surface area contributed by atoms with Crippen molar-refractivity contribution in [3.05, 3.63) is 29.8 Å². The van der Waals surface area contributed by atoms with Crippen molar-refractivity contribution in [2.45, 2.75) is 19.4 Å². The fraction of sp³-hybridized carbons (Fsp3) is 0.500. The van der Waals surface area contributed by atoms with Crippen LogP contribution in [0.15, 0.2) is 24.3 Å². The minimum atomic E-state index is -0.490. The van der Waals surface area contributed by atoms with Crippen LogP contribution in [0.4, 0.5) is 0 Å². The lowest BCUT2D eigenvalue weighted by Crippen LogP contribution is -2.35. The molecular weight excluding hydrogens is 262 g/mol. The van der Waals surface area contributed by atoms with Gasteiger partial charge in [0.1, 0.15) is 5.75 Å². The van der Waals surface area contributed by atoms with E-state index in [-0.39, 0.29) is 19.1 Å². The number of amides is 1. The molecule has 1 amide bonds. The van der Waals surface area contributed by atoms with Gasteiger partial charge in [0.05, 0.1) is 6.10 Å². The fourth-order valence-corrected chi connectivity index (χ4v) is 2.00. The summed E-state index contributed by atoms with van der Waals surface area (Å²) in [5.74, 6) is 1.35. The molecule has 1 aromatic rings. The van der Waals surface area contributed by atoms with E-state index in [1.54, 1.807) is 11.8 Å². The number of ether oxygens (including phenoxy) is 1. The largest absolute Gasteiger partial charge is 0.484 e.